The van der Waals surface area contributed by atoms with Gasteiger partial charge in [-0.2, -0.15) is 4.57 Å². The van der Waals surface area contributed by atoms with Gasteiger partial charge in [-0.05, 0) is 6.92 Å². The van der Waals surface area contributed by atoms with Crippen LogP contribution in [0.1, 0.15) is 22.0 Å². The van der Waals surface area contributed by atoms with Crippen LogP contribution < -0.4 is 10.3 Å². The quantitative estimate of drug-likeness (QED) is 0.627. The van der Waals surface area contributed by atoms with Crippen LogP contribution in [-0.4, -0.2) is 21.7 Å². The molecular weight excluding hydrogens is 347 g/mol. The molecule has 3 N–H and O–H groups in total. The largest absolute Gasteiger partial charge is 0.396 e. The minimum Gasteiger partial charge on any atom is -0.396 e. The summed E-state index contributed by atoms with van der Waals surface area (Å²) in [5.74, 6) is 1.22. The van der Waals surface area contributed by atoms with Crippen LogP contribution in [-0.2, 0) is 30.0 Å². The first-order chi connectivity index (χ1) is 8.61. The number of thiazole rings is 1. The maximum atomic E-state index is 8.98. The molecule has 2 rings (SSSR count). The first kappa shape index (κ1) is 19.3. The molecule has 0 aromatic carbocycles. The molecule has 0 amide bonds. The number of aliphatic hydroxyl groups is 1. The Balaban J connectivity index is 0.00000180. The summed E-state index contributed by atoms with van der Waals surface area (Å²) < 4.78 is 2.11. The van der Waals surface area contributed by atoms with Crippen molar-refractivity contribution in [2.45, 2.75) is 26.8 Å². The predicted molar refractivity (Wildman–Crippen MR) is 77.6 cm³/mol. The van der Waals surface area contributed by atoms with Gasteiger partial charge in [0.15, 0.2) is 12.2 Å². The van der Waals surface area contributed by atoms with Crippen LogP contribution in [0.4, 0.5) is 5.82 Å². The fourth-order valence-electron chi connectivity index (χ4n) is 1.77. The molecule has 0 bridgehead atoms. The molecule has 0 spiro atoms. The Morgan fingerprint density at radius 3 is 2.70 bits per heavy atom. The second kappa shape index (κ2) is 8.54. The number of hydrogen-bond donors (Lipinski definition) is 2. The van der Waals surface area contributed by atoms with E-state index in [1.165, 1.54) is 4.88 Å². The second-order valence-electron chi connectivity index (χ2n) is 4.16. The molecule has 0 unspecified atom stereocenters. The second-order valence-corrected chi connectivity index (χ2v) is 5.10. The summed E-state index contributed by atoms with van der Waals surface area (Å²) in [6, 6.07) is 0. The number of aliphatic hydroxyl groups excluding tert-OH is 1. The van der Waals surface area contributed by atoms with Gasteiger partial charge in [-0.1, -0.05) is 11.3 Å². The van der Waals surface area contributed by atoms with Gasteiger partial charge in [-0.3, -0.25) is 0 Å². The molecule has 5 nitrogen and oxygen atoms in total. The van der Waals surface area contributed by atoms with Crippen LogP contribution in [0.15, 0.2) is 11.7 Å². The minimum absolute atomic E-state index is 0. The molecule has 115 valence electrons. The number of anilines is 1. The third-order valence-electron chi connectivity index (χ3n) is 2.85. The van der Waals surface area contributed by atoms with Gasteiger partial charge in [0.1, 0.15) is 11.6 Å². The van der Waals surface area contributed by atoms with E-state index in [-0.39, 0.29) is 36.1 Å². The SMILES string of the molecule is Cc1ncc(C[n+]2csc(CCO)c2C)c(N)n1.Cl.[Cu]. The summed E-state index contributed by atoms with van der Waals surface area (Å²) in [4.78, 5) is 9.53. The third kappa shape index (κ3) is 4.39. The van der Waals surface area contributed by atoms with Gasteiger partial charge in [-0.15, -0.1) is 12.4 Å². The molecule has 2 heterocycles. The standard InChI is InChI=1S/C12H17N4OS.ClH.Cu/c1-8-11(3-4-17)18-7-16(8)6-10-5-14-9(2)15-12(10)13;;/h5,7,17H,3-4,6H2,1-2H3,(H2,13,14,15);1H;/q+1;;. The smallest absolute Gasteiger partial charge is 0.225 e. The molecule has 0 aliphatic carbocycles. The molecule has 0 saturated carbocycles. The number of rotatable bonds is 4. The minimum atomic E-state index is 0. The van der Waals surface area contributed by atoms with E-state index >= 15 is 0 Å². The van der Waals surface area contributed by atoms with Crippen LogP contribution >= 0.6 is 23.7 Å². The van der Waals surface area contributed by atoms with Gasteiger partial charge < -0.3 is 10.8 Å². The Labute approximate surface area is 139 Å². The van der Waals surface area contributed by atoms with Gasteiger partial charge in [0.25, 0.3) is 0 Å². The number of nitrogens with two attached hydrogens (primary N) is 1. The zero-order chi connectivity index (χ0) is 13.1. The van der Waals surface area contributed by atoms with E-state index in [2.05, 4.69) is 14.5 Å². The summed E-state index contributed by atoms with van der Waals surface area (Å²) in [6.07, 6.45) is 2.47. The van der Waals surface area contributed by atoms with E-state index in [0.29, 0.717) is 24.6 Å². The maximum absolute atomic E-state index is 8.98. The Kier molecular flexibility index (Phi) is 8.23. The van der Waals surface area contributed by atoms with Gasteiger partial charge in [0.05, 0.1) is 10.4 Å². The van der Waals surface area contributed by atoms with Crippen molar-refractivity contribution in [3.05, 3.63) is 33.7 Å². The Bertz CT molecular complexity index is 564. The predicted octanol–water partition coefficient (Wildman–Crippen LogP) is 1.03. The number of nitrogen functional groups attached to an aromatic ring is 1. The van der Waals surface area contributed by atoms with Crippen molar-refractivity contribution in [1.29, 1.82) is 0 Å². The topological polar surface area (TPSA) is 75.9 Å². The van der Waals surface area contributed by atoms with Crippen molar-refractivity contribution in [3.63, 3.8) is 0 Å². The summed E-state index contributed by atoms with van der Waals surface area (Å²) in [5, 5.41) is 8.98. The normalized spacial score (nSPS) is 9.75. The molecule has 0 saturated heterocycles. The van der Waals surface area contributed by atoms with Crippen LogP contribution in [0.2, 0.25) is 0 Å². The molecule has 2 aromatic rings. The van der Waals surface area contributed by atoms with Crippen LogP contribution in [0.5, 0.6) is 0 Å². The number of halogens is 1. The van der Waals surface area contributed by atoms with Gasteiger partial charge >= 0.3 is 0 Å². The van der Waals surface area contributed by atoms with Crippen molar-refractivity contribution < 1.29 is 26.7 Å². The molecular formula is C12H18ClCuN4OS+. The summed E-state index contributed by atoms with van der Waals surface area (Å²) >= 11 is 1.65. The summed E-state index contributed by atoms with van der Waals surface area (Å²) in [6.45, 7) is 4.71. The Morgan fingerprint density at radius 1 is 1.40 bits per heavy atom. The zero-order valence-corrected chi connectivity index (χ0v) is 13.8. The van der Waals surface area contributed by atoms with Crippen LogP contribution in [0.25, 0.3) is 0 Å². The van der Waals surface area contributed by atoms with Crippen molar-refractivity contribution in [2.75, 3.05) is 12.3 Å². The summed E-state index contributed by atoms with van der Waals surface area (Å²) in [5.41, 5.74) is 10.0. The molecule has 1 radical (unpaired) electrons. The van der Waals surface area contributed by atoms with Gasteiger partial charge in [0, 0.05) is 43.2 Å². The van der Waals surface area contributed by atoms with E-state index in [9.17, 15) is 0 Å². The number of hydrogen-bond acceptors (Lipinski definition) is 5. The van der Waals surface area contributed by atoms with Crippen LogP contribution in [0, 0.1) is 13.8 Å². The third-order valence-corrected chi connectivity index (χ3v) is 4.00. The van der Waals surface area contributed by atoms with Crippen molar-refractivity contribution in [2.24, 2.45) is 0 Å². The van der Waals surface area contributed by atoms with Crippen molar-refractivity contribution in [1.82, 2.24) is 9.97 Å². The monoisotopic (exact) mass is 364 g/mol. The van der Waals surface area contributed by atoms with E-state index in [0.717, 1.165) is 11.3 Å². The first-order valence-corrected chi connectivity index (χ1v) is 6.65. The number of aryl methyl sites for hydroxylation is 1. The number of aromatic nitrogens is 3. The molecule has 0 fully saturated rings. The molecule has 8 heteroatoms. The van der Waals surface area contributed by atoms with E-state index < -0.39 is 0 Å². The first-order valence-electron chi connectivity index (χ1n) is 5.77. The average molecular weight is 365 g/mol. The van der Waals surface area contributed by atoms with Gasteiger partial charge in [0.2, 0.25) is 5.51 Å². The Morgan fingerprint density at radius 2 is 2.10 bits per heavy atom. The average Bonchev–Trinajstić information content (AvgIpc) is 2.66. The van der Waals surface area contributed by atoms with Crippen molar-refractivity contribution >= 4 is 29.6 Å². The van der Waals surface area contributed by atoms with Crippen molar-refractivity contribution in [3.8, 4) is 0 Å². The fourth-order valence-corrected chi connectivity index (χ4v) is 2.75. The molecule has 0 aliphatic heterocycles. The molecule has 2 aromatic heterocycles. The summed E-state index contributed by atoms with van der Waals surface area (Å²) in [7, 11) is 0. The van der Waals surface area contributed by atoms with E-state index in [4.69, 9.17) is 10.8 Å². The maximum Gasteiger partial charge on any atom is 0.225 e. The van der Waals surface area contributed by atoms with Gasteiger partial charge in [-0.25, -0.2) is 9.97 Å². The Hall–Kier alpha value is -0.721. The van der Waals surface area contributed by atoms with Crippen LogP contribution in [0.3, 0.4) is 0 Å². The van der Waals surface area contributed by atoms with E-state index in [1.54, 1.807) is 17.5 Å². The number of nitrogens with zero attached hydrogens (tertiary/aromatic N) is 3. The zero-order valence-electron chi connectivity index (χ0n) is 11.3. The molecule has 0 atom stereocenters. The molecule has 20 heavy (non-hydrogen) atoms. The van der Waals surface area contributed by atoms with E-state index in [1.807, 2.05) is 19.4 Å². The molecule has 0 aliphatic rings. The fraction of sp³-hybridized carbons (Fsp3) is 0.417.